The maximum absolute atomic E-state index is 12.4. The van der Waals surface area contributed by atoms with E-state index in [1.54, 1.807) is 22.8 Å². The van der Waals surface area contributed by atoms with Crippen LogP contribution in [0.15, 0.2) is 36.7 Å². The number of hydrogen-bond acceptors (Lipinski definition) is 3. The number of anilines is 1. The first kappa shape index (κ1) is 16.8. The summed E-state index contributed by atoms with van der Waals surface area (Å²) in [4.78, 5) is 26.2. The Kier molecular flexibility index (Phi) is 4.60. The molecule has 132 valence electrons. The molecule has 1 atom stereocenters. The van der Waals surface area contributed by atoms with E-state index in [1.165, 1.54) is 4.90 Å². The Balaban J connectivity index is 1.60. The van der Waals surface area contributed by atoms with Gasteiger partial charge in [0.25, 0.3) is 0 Å². The summed E-state index contributed by atoms with van der Waals surface area (Å²) in [7, 11) is 3.55. The summed E-state index contributed by atoms with van der Waals surface area (Å²) in [6, 6.07) is 7.18. The third kappa shape index (κ3) is 3.73. The molecule has 1 aliphatic rings. The number of amides is 3. The molecule has 3 rings (SSSR count). The molecule has 1 saturated heterocycles. The molecule has 1 aromatic heterocycles. The fourth-order valence-corrected chi connectivity index (χ4v) is 2.93. The molecule has 2 aromatic rings. The largest absolute Gasteiger partial charge is 0.465 e. The van der Waals surface area contributed by atoms with Crippen LogP contribution in [-0.4, -0.2) is 63.0 Å². The normalized spacial score (nSPS) is 16.7. The quantitative estimate of drug-likeness (QED) is 0.895. The molecule has 0 radical (unpaired) electrons. The van der Waals surface area contributed by atoms with Gasteiger partial charge in [0.2, 0.25) is 0 Å². The number of carbonyl (C=O) groups excluding carboxylic acids is 1. The van der Waals surface area contributed by atoms with Crippen LogP contribution < -0.4 is 5.32 Å². The van der Waals surface area contributed by atoms with E-state index < -0.39 is 6.09 Å². The maximum Gasteiger partial charge on any atom is 0.407 e. The Bertz CT molecular complexity index is 771. The maximum atomic E-state index is 12.4. The van der Waals surface area contributed by atoms with Crippen molar-refractivity contribution in [1.82, 2.24) is 19.6 Å². The van der Waals surface area contributed by atoms with Crippen molar-refractivity contribution in [2.24, 2.45) is 7.05 Å². The molecule has 0 saturated carbocycles. The van der Waals surface area contributed by atoms with Gasteiger partial charge in [-0.05, 0) is 24.1 Å². The third-order valence-corrected chi connectivity index (χ3v) is 4.48. The Labute approximate surface area is 145 Å². The van der Waals surface area contributed by atoms with Crippen molar-refractivity contribution in [3.63, 3.8) is 0 Å². The van der Waals surface area contributed by atoms with Gasteiger partial charge in [0.1, 0.15) is 0 Å². The molecule has 25 heavy (non-hydrogen) atoms. The highest BCUT2D eigenvalue weighted by Crippen LogP contribution is 2.21. The molecule has 1 aromatic carbocycles. The second-order valence-electron chi connectivity index (χ2n) is 6.19. The molecule has 0 aliphatic carbocycles. The van der Waals surface area contributed by atoms with Gasteiger partial charge >= 0.3 is 12.1 Å². The predicted octanol–water partition coefficient (Wildman–Crippen LogP) is 2.30. The van der Waals surface area contributed by atoms with Gasteiger partial charge in [-0.3, -0.25) is 4.68 Å². The van der Waals surface area contributed by atoms with E-state index in [4.69, 9.17) is 5.11 Å². The van der Waals surface area contributed by atoms with Crippen LogP contribution in [0.2, 0.25) is 0 Å². The fraction of sp³-hybridized carbons (Fsp3) is 0.353. The monoisotopic (exact) mass is 343 g/mol. The molecular formula is C17H21N5O3. The average Bonchev–Trinajstić information content (AvgIpc) is 3.24. The molecule has 1 aliphatic heterocycles. The Morgan fingerprint density at radius 3 is 2.56 bits per heavy atom. The highest BCUT2D eigenvalue weighted by Gasteiger charge is 2.30. The van der Waals surface area contributed by atoms with E-state index in [-0.39, 0.29) is 12.1 Å². The minimum atomic E-state index is -0.942. The van der Waals surface area contributed by atoms with Gasteiger partial charge in [0, 0.05) is 44.6 Å². The first-order valence-corrected chi connectivity index (χ1v) is 8.05. The highest BCUT2D eigenvalue weighted by molar-refractivity contribution is 5.89. The van der Waals surface area contributed by atoms with Crippen molar-refractivity contribution in [2.45, 2.75) is 12.5 Å². The molecule has 0 bridgehead atoms. The van der Waals surface area contributed by atoms with E-state index in [2.05, 4.69) is 10.4 Å². The number of likely N-dealkylation sites (N-methyl/N-ethyl adjacent to an activating group) is 1. The average molecular weight is 343 g/mol. The van der Waals surface area contributed by atoms with Gasteiger partial charge in [-0.1, -0.05) is 12.1 Å². The van der Waals surface area contributed by atoms with Gasteiger partial charge in [-0.25, -0.2) is 9.59 Å². The van der Waals surface area contributed by atoms with Crippen molar-refractivity contribution < 1.29 is 14.7 Å². The molecule has 3 amide bonds. The number of carbonyl (C=O) groups is 2. The number of aromatic nitrogens is 2. The van der Waals surface area contributed by atoms with E-state index in [9.17, 15) is 9.59 Å². The number of carboxylic acid groups (broad SMARTS) is 1. The van der Waals surface area contributed by atoms with Gasteiger partial charge in [0.05, 0.1) is 12.2 Å². The molecule has 8 nitrogen and oxygen atoms in total. The van der Waals surface area contributed by atoms with Crippen LogP contribution in [0.25, 0.3) is 11.1 Å². The summed E-state index contributed by atoms with van der Waals surface area (Å²) in [6.07, 6.45) is 3.42. The van der Waals surface area contributed by atoms with E-state index >= 15 is 0 Å². The van der Waals surface area contributed by atoms with E-state index in [0.29, 0.717) is 25.2 Å². The van der Waals surface area contributed by atoms with Crippen LogP contribution in [0.4, 0.5) is 15.3 Å². The topological polar surface area (TPSA) is 90.7 Å². The minimum Gasteiger partial charge on any atom is -0.465 e. The standard InChI is InChI=1S/C17H21N5O3/c1-20-10-13(9-18-20)12-3-5-14(6-4-12)19-16(23)21(2)15-7-8-22(11-15)17(24)25/h3-6,9-10,15H,7-8,11H2,1-2H3,(H,19,23)(H,24,25)/t15-/m1/s1. The Morgan fingerprint density at radius 1 is 1.28 bits per heavy atom. The minimum absolute atomic E-state index is 0.106. The predicted molar refractivity (Wildman–Crippen MR) is 93.4 cm³/mol. The lowest BCUT2D eigenvalue weighted by Crippen LogP contribution is -2.42. The lowest BCUT2D eigenvalue weighted by molar-refractivity contribution is 0.151. The van der Waals surface area contributed by atoms with E-state index in [1.807, 2.05) is 37.5 Å². The smallest absolute Gasteiger partial charge is 0.407 e. The second-order valence-corrected chi connectivity index (χ2v) is 6.19. The second kappa shape index (κ2) is 6.84. The number of rotatable bonds is 3. The van der Waals surface area contributed by atoms with Crippen molar-refractivity contribution >= 4 is 17.8 Å². The lowest BCUT2D eigenvalue weighted by Gasteiger charge is -2.24. The number of nitrogens with one attached hydrogen (secondary N) is 1. The van der Waals surface area contributed by atoms with Crippen LogP contribution >= 0.6 is 0 Å². The Hall–Kier alpha value is -3.03. The highest BCUT2D eigenvalue weighted by atomic mass is 16.4. The number of benzene rings is 1. The van der Waals surface area contributed by atoms with Crippen molar-refractivity contribution in [1.29, 1.82) is 0 Å². The molecule has 2 N–H and O–H groups in total. The zero-order chi connectivity index (χ0) is 18.0. The van der Waals surface area contributed by atoms with Gasteiger partial charge < -0.3 is 20.2 Å². The zero-order valence-corrected chi connectivity index (χ0v) is 14.2. The lowest BCUT2D eigenvalue weighted by atomic mass is 10.1. The summed E-state index contributed by atoms with van der Waals surface area (Å²) in [6.45, 7) is 0.802. The van der Waals surface area contributed by atoms with Crippen LogP contribution in [0.3, 0.4) is 0 Å². The van der Waals surface area contributed by atoms with Crippen LogP contribution in [0, 0.1) is 0 Å². The molecule has 8 heteroatoms. The van der Waals surface area contributed by atoms with Crippen molar-refractivity contribution in [3.8, 4) is 11.1 Å². The molecule has 0 spiro atoms. The van der Waals surface area contributed by atoms with Gasteiger partial charge in [-0.15, -0.1) is 0 Å². The molecule has 2 heterocycles. The first-order chi connectivity index (χ1) is 11.9. The fourth-order valence-electron chi connectivity index (χ4n) is 2.93. The Morgan fingerprint density at radius 2 is 2.00 bits per heavy atom. The number of aryl methyl sites for hydroxylation is 1. The first-order valence-electron chi connectivity index (χ1n) is 8.05. The van der Waals surface area contributed by atoms with Crippen LogP contribution in [0.5, 0.6) is 0 Å². The SMILES string of the molecule is CN(C(=O)Nc1ccc(-c2cnn(C)c2)cc1)[C@@H]1CCN(C(=O)O)C1. The summed E-state index contributed by atoms with van der Waals surface area (Å²) in [5, 5.41) is 16.0. The number of hydrogen-bond donors (Lipinski definition) is 2. The van der Waals surface area contributed by atoms with Crippen molar-refractivity contribution in [2.75, 3.05) is 25.5 Å². The van der Waals surface area contributed by atoms with Gasteiger partial charge in [-0.2, -0.15) is 5.10 Å². The van der Waals surface area contributed by atoms with Crippen LogP contribution in [-0.2, 0) is 7.05 Å². The van der Waals surface area contributed by atoms with Crippen LogP contribution in [0.1, 0.15) is 6.42 Å². The summed E-state index contributed by atoms with van der Waals surface area (Å²) in [5.41, 5.74) is 2.72. The number of urea groups is 1. The number of nitrogens with zero attached hydrogens (tertiary/aromatic N) is 4. The van der Waals surface area contributed by atoms with Crippen molar-refractivity contribution in [3.05, 3.63) is 36.7 Å². The molecule has 0 unspecified atom stereocenters. The van der Waals surface area contributed by atoms with Gasteiger partial charge in [0.15, 0.2) is 0 Å². The zero-order valence-electron chi connectivity index (χ0n) is 14.2. The third-order valence-electron chi connectivity index (χ3n) is 4.48. The molecule has 1 fully saturated rings. The molecular weight excluding hydrogens is 322 g/mol. The summed E-state index contributed by atoms with van der Waals surface area (Å²) in [5.74, 6) is 0. The van der Waals surface area contributed by atoms with E-state index in [0.717, 1.165) is 11.1 Å². The summed E-state index contributed by atoms with van der Waals surface area (Å²) >= 11 is 0. The summed E-state index contributed by atoms with van der Waals surface area (Å²) < 4.78 is 1.74. The number of likely N-dealkylation sites (tertiary alicyclic amines) is 1.